The van der Waals surface area contributed by atoms with Crippen LogP contribution in [0, 0.1) is 17.3 Å². The molecule has 0 aromatic heterocycles. The number of Topliss-reactive ketones (excluding diaryl/α,β-unsaturated/α-hetero) is 1. The molecule has 2 bridgehead atoms. The molecule has 3 atom stereocenters. The lowest BCUT2D eigenvalue weighted by Crippen LogP contribution is -2.64. The maximum absolute atomic E-state index is 11.4. The van der Waals surface area contributed by atoms with Crippen LogP contribution in [0.25, 0.3) is 0 Å². The van der Waals surface area contributed by atoms with Crippen LogP contribution in [0.15, 0.2) is 0 Å². The highest BCUT2D eigenvalue weighted by Crippen LogP contribution is 2.61. The summed E-state index contributed by atoms with van der Waals surface area (Å²) in [6.45, 7) is 6.00. The summed E-state index contributed by atoms with van der Waals surface area (Å²) in [6.07, 6.45) is 1.61. The van der Waals surface area contributed by atoms with Gasteiger partial charge in [0.15, 0.2) is 5.78 Å². The lowest BCUT2D eigenvalue weighted by Gasteiger charge is -2.61. The van der Waals surface area contributed by atoms with Crippen molar-refractivity contribution in [3.8, 4) is 0 Å². The second-order valence-electron chi connectivity index (χ2n) is 5.08. The molecule has 3 fully saturated rings. The summed E-state index contributed by atoms with van der Waals surface area (Å²) in [4.78, 5) is 11.4. The number of rotatable bonds is 0. The van der Waals surface area contributed by atoms with Gasteiger partial charge in [-0.05, 0) is 24.7 Å². The molecule has 3 aliphatic carbocycles. The van der Waals surface area contributed by atoms with Crippen molar-refractivity contribution >= 4 is 5.78 Å². The van der Waals surface area contributed by atoms with Crippen LogP contribution >= 0.6 is 0 Å². The van der Waals surface area contributed by atoms with E-state index in [2.05, 4.69) is 13.8 Å². The van der Waals surface area contributed by atoms with Gasteiger partial charge in [0.2, 0.25) is 0 Å². The van der Waals surface area contributed by atoms with Gasteiger partial charge in [-0.3, -0.25) is 4.79 Å². The monoisotopic (exact) mass is 168 g/mol. The van der Waals surface area contributed by atoms with E-state index in [4.69, 9.17) is 0 Å². The predicted octanol–water partition coefficient (Wildman–Crippen LogP) is 1.37. The van der Waals surface area contributed by atoms with Crippen LogP contribution in [0.4, 0.5) is 0 Å². The first-order valence-electron chi connectivity index (χ1n) is 4.62. The Labute approximate surface area is 73.0 Å². The summed E-state index contributed by atoms with van der Waals surface area (Å²) < 4.78 is 0. The van der Waals surface area contributed by atoms with Gasteiger partial charge in [0.1, 0.15) is 5.60 Å². The van der Waals surface area contributed by atoms with Gasteiger partial charge in [0, 0.05) is 12.3 Å². The van der Waals surface area contributed by atoms with Crippen molar-refractivity contribution < 1.29 is 9.90 Å². The SMILES string of the molecule is CC1(C)[C@H]2CC(=O)[C@@](C)(O)[C@H]1C2. The van der Waals surface area contributed by atoms with Crippen LogP contribution < -0.4 is 0 Å². The van der Waals surface area contributed by atoms with E-state index >= 15 is 0 Å². The number of carbonyl (C=O) groups is 1. The highest BCUT2D eigenvalue weighted by Gasteiger charge is 2.62. The third-order valence-electron chi connectivity index (χ3n) is 4.15. The first-order chi connectivity index (χ1) is 5.37. The van der Waals surface area contributed by atoms with E-state index in [-0.39, 0.29) is 17.1 Å². The third-order valence-corrected chi connectivity index (χ3v) is 4.15. The fraction of sp³-hybridized carbons (Fsp3) is 0.900. The molecule has 2 heteroatoms. The molecule has 1 N–H and O–H groups in total. The minimum absolute atomic E-state index is 0.0445. The fourth-order valence-corrected chi connectivity index (χ4v) is 2.94. The molecule has 68 valence electrons. The van der Waals surface area contributed by atoms with Crippen molar-refractivity contribution in [1.29, 1.82) is 0 Å². The molecule has 3 rings (SSSR count). The minimum atomic E-state index is -1.04. The molecule has 0 aliphatic heterocycles. The van der Waals surface area contributed by atoms with Gasteiger partial charge in [-0.2, -0.15) is 0 Å². The van der Waals surface area contributed by atoms with Gasteiger partial charge in [-0.1, -0.05) is 13.8 Å². The molecule has 0 aromatic carbocycles. The Hall–Kier alpha value is -0.370. The normalized spacial score (nSPS) is 50.2. The molecule has 2 nitrogen and oxygen atoms in total. The van der Waals surface area contributed by atoms with Crippen LogP contribution in [0.2, 0.25) is 0 Å². The Morgan fingerprint density at radius 2 is 2.00 bits per heavy atom. The molecular formula is C10H16O2. The zero-order chi connectivity index (χ0) is 9.15. The average molecular weight is 168 g/mol. The van der Waals surface area contributed by atoms with Crippen LogP contribution in [-0.4, -0.2) is 16.5 Å². The molecule has 3 aliphatic rings. The quantitative estimate of drug-likeness (QED) is 0.593. The first-order valence-corrected chi connectivity index (χ1v) is 4.62. The fourth-order valence-electron chi connectivity index (χ4n) is 2.94. The average Bonchev–Trinajstić information content (AvgIpc) is 1.93. The van der Waals surface area contributed by atoms with Gasteiger partial charge in [-0.15, -0.1) is 0 Å². The summed E-state index contributed by atoms with van der Waals surface area (Å²) in [5, 5.41) is 9.94. The summed E-state index contributed by atoms with van der Waals surface area (Å²) in [5.41, 5.74) is -0.865. The summed E-state index contributed by atoms with van der Waals surface area (Å²) in [6, 6.07) is 0. The van der Waals surface area contributed by atoms with Crippen molar-refractivity contribution in [2.45, 2.75) is 39.2 Å². The Morgan fingerprint density at radius 1 is 1.42 bits per heavy atom. The summed E-state index contributed by atoms with van der Waals surface area (Å²) in [5.74, 6) is 0.759. The molecule has 12 heavy (non-hydrogen) atoms. The van der Waals surface area contributed by atoms with Crippen LogP contribution in [0.1, 0.15) is 33.6 Å². The molecule has 0 heterocycles. The summed E-state index contributed by atoms with van der Waals surface area (Å²) >= 11 is 0. The predicted molar refractivity (Wildman–Crippen MR) is 45.6 cm³/mol. The number of carbonyl (C=O) groups excluding carboxylic acids is 1. The Morgan fingerprint density at radius 3 is 2.33 bits per heavy atom. The maximum atomic E-state index is 11.4. The van der Waals surface area contributed by atoms with Gasteiger partial charge in [0.25, 0.3) is 0 Å². The Kier molecular flexibility index (Phi) is 1.32. The Bertz CT molecular complexity index is 240. The Balaban J connectivity index is 2.33. The molecule has 0 spiro atoms. The number of fused-ring (bicyclic) bond motifs is 2. The molecule has 0 unspecified atom stereocenters. The van der Waals surface area contributed by atoms with Gasteiger partial charge in [-0.25, -0.2) is 0 Å². The van der Waals surface area contributed by atoms with Gasteiger partial charge >= 0.3 is 0 Å². The lowest BCUT2D eigenvalue weighted by atomic mass is 9.44. The number of hydrogen-bond donors (Lipinski definition) is 1. The van der Waals surface area contributed by atoms with Gasteiger partial charge in [0.05, 0.1) is 0 Å². The van der Waals surface area contributed by atoms with E-state index in [1.807, 2.05) is 0 Å². The molecule has 3 saturated carbocycles. The van der Waals surface area contributed by atoms with E-state index in [1.165, 1.54) is 0 Å². The van der Waals surface area contributed by atoms with E-state index in [1.54, 1.807) is 6.92 Å². The number of hydrogen-bond acceptors (Lipinski definition) is 2. The molecular weight excluding hydrogens is 152 g/mol. The molecule has 0 amide bonds. The van der Waals surface area contributed by atoms with E-state index in [0.29, 0.717) is 12.3 Å². The lowest BCUT2D eigenvalue weighted by molar-refractivity contribution is -0.196. The van der Waals surface area contributed by atoms with Crippen molar-refractivity contribution in [2.24, 2.45) is 17.3 Å². The minimum Gasteiger partial charge on any atom is -0.382 e. The van der Waals surface area contributed by atoms with Crippen LogP contribution in [0.3, 0.4) is 0 Å². The highest BCUT2D eigenvalue weighted by molar-refractivity contribution is 5.89. The zero-order valence-corrected chi connectivity index (χ0v) is 7.92. The molecule has 0 radical (unpaired) electrons. The first kappa shape index (κ1) is 8.24. The van der Waals surface area contributed by atoms with Crippen LogP contribution in [-0.2, 0) is 4.79 Å². The smallest absolute Gasteiger partial charge is 0.164 e. The van der Waals surface area contributed by atoms with E-state index < -0.39 is 5.60 Å². The molecule has 0 saturated heterocycles. The van der Waals surface area contributed by atoms with Gasteiger partial charge < -0.3 is 5.11 Å². The number of aliphatic hydroxyl groups is 1. The topological polar surface area (TPSA) is 37.3 Å². The van der Waals surface area contributed by atoms with Crippen molar-refractivity contribution in [1.82, 2.24) is 0 Å². The largest absolute Gasteiger partial charge is 0.382 e. The number of ketones is 1. The standard InChI is InChI=1S/C10H16O2/c1-9(2)6-4-7(9)10(3,12)8(11)5-6/h6-7,12H,4-5H2,1-3H3/t6-,7+,10+/m1/s1. The zero-order valence-electron chi connectivity index (χ0n) is 7.92. The van der Waals surface area contributed by atoms with E-state index in [0.717, 1.165) is 6.42 Å². The van der Waals surface area contributed by atoms with Crippen molar-refractivity contribution in [2.75, 3.05) is 0 Å². The van der Waals surface area contributed by atoms with E-state index in [9.17, 15) is 9.90 Å². The second-order valence-corrected chi connectivity index (χ2v) is 5.08. The summed E-state index contributed by atoms with van der Waals surface area (Å²) in [7, 11) is 0. The maximum Gasteiger partial charge on any atom is 0.164 e. The van der Waals surface area contributed by atoms with Crippen molar-refractivity contribution in [3.63, 3.8) is 0 Å². The third kappa shape index (κ3) is 0.717. The second kappa shape index (κ2) is 1.92. The molecule has 0 aromatic rings. The van der Waals surface area contributed by atoms with Crippen molar-refractivity contribution in [3.05, 3.63) is 0 Å². The highest BCUT2D eigenvalue weighted by atomic mass is 16.3. The van der Waals surface area contributed by atoms with Crippen LogP contribution in [0.5, 0.6) is 0 Å².